The number of allylic oxidation sites excluding steroid dienone is 1. The Labute approximate surface area is 172 Å². The topological polar surface area (TPSA) is 78.3 Å². The van der Waals surface area contributed by atoms with E-state index in [9.17, 15) is 4.79 Å². The number of esters is 1. The average Bonchev–Trinajstić information content (AvgIpc) is 3.14. The third-order valence-electron chi connectivity index (χ3n) is 4.37. The first-order valence-electron chi connectivity index (χ1n) is 9.14. The Morgan fingerprint density at radius 3 is 3.04 bits per heavy atom. The molecule has 7 nitrogen and oxygen atoms in total. The normalized spacial score (nSPS) is 15.6. The van der Waals surface area contributed by atoms with Gasteiger partial charge < -0.3 is 14.8 Å². The Morgan fingerprint density at radius 1 is 1.46 bits per heavy atom. The van der Waals surface area contributed by atoms with E-state index in [2.05, 4.69) is 44.8 Å². The van der Waals surface area contributed by atoms with E-state index >= 15 is 0 Å². The van der Waals surface area contributed by atoms with E-state index in [1.54, 1.807) is 10.8 Å². The first-order valence-corrected chi connectivity index (χ1v) is 9.93. The molecule has 3 rings (SSSR count). The van der Waals surface area contributed by atoms with Crippen LogP contribution < -0.4 is 10.1 Å². The predicted octanol–water partition coefficient (Wildman–Crippen LogP) is 4.24. The van der Waals surface area contributed by atoms with E-state index in [0.29, 0.717) is 29.6 Å². The second kappa shape index (κ2) is 9.05. The molecule has 0 amide bonds. The van der Waals surface area contributed by atoms with Crippen molar-refractivity contribution in [2.24, 2.45) is 0 Å². The first kappa shape index (κ1) is 20.1. The number of unbranched alkanes of at least 4 members (excludes halogenated alkanes) is 1. The number of halogens is 1. The fourth-order valence-electron chi connectivity index (χ4n) is 3.05. The molecule has 0 radical (unpaired) electrons. The standard InChI is InChI=1S/C20H23BrN4O3/c1-4-6-10-27-16-8-7-14(21)11-15(16)18-17(19(26)28-9-5-2)13(3)24-20-22-12-23-25(18)20/h5,7-8,11-12,18H,2,4,6,9-10H2,1,3H3,(H,22,23,24). The number of ether oxygens (including phenoxy) is 2. The van der Waals surface area contributed by atoms with Gasteiger partial charge in [0.25, 0.3) is 0 Å². The van der Waals surface area contributed by atoms with Crippen LogP contribution in [0.1, 0.15) is 38.3 Å². The Hall–Kier alpha value is -2.61. The lowest BCUT2D eigenvalue weighted by molar-refractivity contribution is -0.138. The quantitative estimate of drug-likeness (QED) is 0.371. The van der Waals surface area contributed by atoms with Crippen LogP contribution in [-0.4, -0.2) is 33.9 Å². The smallest absolute Gasteiger partial charge is 0.338 e. The summed E-state index contributed by atoms with van der Waals surface area (Å²) < 4.78 is 13.9. The van der Waals surface area contributed by atoms with Crippen molar-refractivity contribution in [1.82, 2.24) is 14.8 Å². The fraction of sp³-hybridized carbons (Fsp3) is 0.350. The van der Waals surface area contributed by atoms with E-state index in [-0.39, 0.29) is 6.61 Å². The molecule has 1 N–H and O–H groups in total. The lowest BCUT2D eigenvalue weighted by atomic mass is 9.95. The van der Waals surface area contributed by atoms with Crippen molar-refractivity contribution in [2.45, 2.75) is 32.7 Å². The molecule has 0 saturated carbocycles. The number of rotatable bonds is 8. The van der Waals surface area contributed by atoms with Crippen molar-refractivity contribution in [2.75, 3.05) is 18.5 Å². The van der Waals surface area contributed by atoms with Gasteiger partial charge in [-0.05, 0) is 31.5 Å². The van der Waals surface area contributed by atoms with Crippen LogP contribution in [0.25, 0.3) is 0 Å². The zero-order valence-corrected chi connectivity index (χ0v) is 17.5. The van der Waals surface area contributed by atoms with Crippen LogP contribution in [0.5, 0.6) is 5.75 Å². The van der Waals surface area contributed by atoms with E-state index in [1.165, 1.54) is 6.33 Å². The highest BCUT2D eigenvalue weighted by atomic mass is 79.9. The van der Waals surface area contributed by atoms with Gasteiger partial charge in [-0.2, -0.15) is 10.1 Å². The number of anilines is 1. The summed E-state index contributed by atoms with van der Waals surface area (Å²) in [7, 11) is 0. The molecular weight excluding hydrogens is 424 g/mol. The maximum Gasteiger partial charge on any atom is 0.338 e. The van der Waals surface area contributed by atoms with E-state index < -0.39 is 12.0 Å². The molecule has 1 unspecified atom stereocenters. The first-order chi connectivity index (χ1) is 13.6. The van der Waals surface area contributed by atoms with E-state index in [4.69, 9.17) is 9.47 Å². The average molecular weight is 447 g/mol. The van der Waals surface area contributed by atoms with Crippen LogP contribution in [0.3, 0.4) is 0 Å². The van der Waals surface area contributed by atoms with Gasteiger partial charge in [0.05, 0.1) is 12.2 Å². The van der Waals surface area contributed by atoms with Crippen molar-refractivity contribution < 1.29 is 14.3 Å². The van der Waals surface area contributed by atoms with Gasteiger partial charge in [0.15, 0.2) is 0 Å². The molecule has 1 aromatic carbocycles. The summed E-state index contributed by atoms with van der Waals surface area (Å²) >= 11 is 3.53. The Kier molecular flexibility index (Phi) is 6.51. The van der Waals surface area contributed by atoms with Gasteiger partial charge in [-0.15, -0.1) is 0 Å². The van der Waals surface area contributed by atoms with Crippen molar-refractivity contribution in [3.8, 4) is 5.75 Å². The summed E-state index contributed by atoms with van der Waals surface area (Å²) in [6.07, 6.45) is 4.97. The van der Waals surface area contributed by atoms with E-state index in [0.717, 1.165) is 22.9 Å². The number of nitrogens with one attached hydrogen (secondary N) is 1. The summed E-state index contributed by atoms with van der Waals surface area (Å²) in [6.45, 7) is 8.27. The molecule has 1 aliphatic rings. The zero-order chi connectivity index (χ0) is 20.1. The number of aromatic nitrogens is 3. The van der Waals surface area contributed by atoms with Gasteiger partial charge >= 0.3 is 5.97 Å². The van der Waals surface area contributed by atoms with Crippen molar-refractivity contribution in [3.05, 3.63) is 58.5 Å². The van der Waals surface area contributed by atoms with Crippen molar-refractivity contribution >= 4 is 27.8 Å². The Balaban J connectivity index is 2.10. The molecule has 1 aliphatic heterocycles. The number of carbonyl (C=O) groups is 1. The number of carbonyl (C=O) groups excluding carboxylic acids is 1. The molecule has 2 aromatic rings. The molecule has 8 heteroatoms. The van der Waals surface area contributed by atoms with Crippen molar-refractivity contribution in [1.29, 1.82) is 0 Å². The molecular formula is C20H23BrN4O3. The number of hydrogen-bond acceptors (Lipinski definition) is 6. The SMILES string of the molecule is C=CCOC(=O)C1=C(C)Nc2ncnn2C1c1cc(Br)ccc1OCCCC. The van der Waals surface area contributed by atoms with Crippen LogP contribution in [0.2, 0.25) is 0 Å². The monoisotopic (exact) mass is 446 g/mol. The van der Waals surface area contributed by atoms with Gasteiger partial charge in [0.2, 0.25) is 5.95 Å². The highest BCUT2D eigenvalue weighted by molar-refractivity contribution is 9.10. The lowest BCUT2D eigenvalue weighted by Gasteiger charge is -2.29. The minimum atomic E-state index is -0.523. The van der Waals surface area contributed by atoms with Crippen LogP contribution in [-0.2, 0) is 9.53 Å². The minimum absolute atomic E-state index is 0.130. The van der Waals surface area contributed by atoms with Crippen LogP contribution in [0.15, 0.2) is 52.9 Å². The highest BCUT2D eigenvalue weighted by Crippen LogP contribution is 2.40. The predicted molar refractivity (Wildman–Crippen MR) is 110 cm³/mol. The van der Waals surface area contributed by atoms with Gasteiger partial charge in [0.1, 0.15) is 24.7 Å². The molecule has 0 aliphatic carbocycles. The molecule has 2 heterocycles. The summed E-state index contributed by atoms with van der Waals surface area (Å²) in [5.41, 5.74) is 1.93. The molecule has 1 atom stereocenters. The molecule has 0 bridgehead atoms. The van der Waals surface area contributed by atoms with Crippen LogP contribution in [0, 0.1) is 0 Å². The van der Waals surface area contributed by atoms with Gasteiger partial charge in [-0.25, -0.2) is 9.48 Å². The largest absolute Gasteiger partial charge is 0.493 e. The van der Waals surface area contributed by atoms with Crippen LogP contribution in [0.4, 0.5) is 5.95 Å². The number of nitrogens with zero attached hydrogens (tertiary/aromatic N) is 3. The van der Waals surface area contributed by atoms with E-state index in [1.807, 2.05) is 25.1 Å². The van der Waals surface area contributed by atoms with Crippen molar-refractivity contribution in [3.63, 3.8) is 0 Å². The highest BCUT2D eigenvalue weighted by Gasteiger charge is 2.36. The zero-order valence-electron chi connectivity index (χ0n) is 15.9. The third kappa shape index (κ3) is 4.11. The minimum Gasteiger partial charge on any atom is -0.493 e. The number of benzene rings is 1. The molecule has 0 fully saturated rings. The Bertz CT molecular complexity index is 907. The summed E-state index contributed by atoms with van der Waals surface area (Å²) in [5.74, 6) is 0.824. The molecule has 0 spiro atoms. The van der Waals surface area contributed by atoms with Gasteiger partial charge in [-0.3, -0.25) is 0 Å². The maximum atomic E-state index is 12.9. The third-order valence-corrected chi connectivity index (χ3v) is 4.86. The summed E-state index contributed by atoms with van der Waals surface area (Å²) in [6, 6.07) is 5.23. The fourth-order valence-corrected chi connectivity index (χ4v) is 3.42. The molecule has 148 valence electrons. The molecule has 1 aromatic heterocycles. The van der Waals surface area contributed by atoms with Gasteiger partial charge in [-0.1, -0.05) is 41.9 Å². The molecule has 28 heavy (non-hydrogen) atoms. The summed E-state index contributed by atoms with van der Waals surface area (Å²) in [5, 5.41) is 7.46. The number of fused-ring (bicyclic) bond motifs is 1. The van der Waals surface area contributed by atoms with Crippen LogP contribution >= 0.6 is 15.9 Å². The lowest BCUT2D eigenvalue weighted by Crippen LogP contribution is -2.30. The Morgan fingerprint density at radius 2 is 2.29 bits per heavy atom. The second-order valence-corrected chi connectivity index (χ2v) is 7.28. The number of hydrogen-bond donors (Lipinski definition) is 1. The maximum absolute atomic E-state index is 12.9. The summed E-state index contributed by atoms with van der Waals surface area (Å²) in [4.78, 5) is 17.1. The molecule has 0 saturated heterocycles. The second-order valence-electron chi connectivity index (χ2n) is 6.37. The van der Waals surface area contributed by atoms with Gasteiger partial charge in [0, 0.05) is 15.7 Å².